The minimum atomic E-state index is 0.330. The fourth-order valence-electron chi connectivity index (χ4n) is 1.03. The quantitative estimate of drug-likeness (QED) is 0.507. The minimum Gasteiger partial charge on any atom is -0.396 e. The Bertz CT molecular complexity index is 86.4. The molecule has 46 valence electrons. The van der Waals surface area contributed by atoms with E-state index in [2.05, 4.69) is 12.2 Å². The third-order valence-electron chi connectivity index (χ3n) is 1.59. The molecule has 1 N–H and O–H groups in total. The summed E-state index contributed by atoms with van der Waals surface area (Å²) in [6, 6.07) is 0. The first-order valence-corrected chi connectivity index (χ1v) is 3.21. The molecule has 0 unspecified atom stereocenters. The summed E-state index contributed by atoms with van der Waals surface area (Å²) in [5.41, 5.74) is 0. The van der Waals surface area contributed by atoms with Crippen molar-refractivity contribution < 1.29 is 5.11 Å². The largest absolute Gasteiger partial charge is 0.396 e. The molecule has 0 aromatic rings. The Hall–Kier alpha value is -0.300. The normalized spacial score (nSPS) is 28.4. The summed E-state index contributed by atoms with van der Waals surface area (Å²) in [6.07, 6.45) is 7.90. The lowest BCUT2D eigenvalue weighted by molar-refractivity contribution is 0.241. The number of aliphatic hydroxyl groups is 1. The summed E-state index contributed by atoms with van der Waals surface area (Å²) < 4.78 is 0. The van der Waals surface area contributed by atoms with E-state index in [9.17, 15) is 0 Å². The van der Waals surface area contributed by atoms with E-state index < -0.39 is 0 Å². The zero-order valence-corrected chi connectivity index (χ0v) is 5.01. The van der Waals surface area contributed by atoms with Gasteiger partial charge in [0.2, 0.25) is 0 Å². The van der Waals surface area contributed by atoms with Crippen molar-refractivity contribution >= 4 is 0 Å². The maximum absolute atomic E-state index is 8.64. The van der Waals surface area contributed by atoms with Crippen LogP contribution in [-0.2, 0) is 0 Å². The van der Waals surface area contributed by atoms with Crippen LogP contribution in [0, 0.1) is 5.92 Å². The maximum Gasteiger partial charge on any atom is 0.0493 e. The Morgan fingerprint density at radius 3 is 2.88 bits per heavy atom. The van der Waals surface area contributed by atoms with Gasteiger partial charge in [-0.1, -0.05) is 12.2 Å². The molecule has 0 aliphatic heterocycles. The topological polar surface area (TPSA) is 20.2 Å². The molecular formula is C7H12O. The van der Waals surface area contributed by atoms with Gasteiger partial charge in [-0.25, -0.2) is 0 Å². The van der Waals surface area contributed by atoms with E-state index >= 15 is 0 Å². The molecule has 1 nitrogen and oxygen atoms in total. The Labute approximate surface area is 50.0 Å². The van der Waals surface area contributed by atoms with Crippen molar-refractivity contribution in [1.29, 1.82) is 0 Å². The molecule has 0 fully saturated rings. The first-order valence-electron chi connectivity index (χ1n) is 3.21. The van der Waals surface area contributed by atoms with Gasteiger partial charge < -0.3 is 5.11 Å². The highest BCUT2D eigenvalue weighted by atomic mass is 16.3. The first-order chi connectivity index (χ1) is 3.93. The van der Waals surface area contributed by atoms with Crippen LogP contribution in [0.5, 0.6) is 0 Å². The van der Waals surface area contributed by atoms with Gasteiger partial charge >= 0.3 is 0 Å². The lowest BCUT2D eigenvalue weighted by Crippen LogP contribution is -2.04. The molecule has 0 aromatic heterocycles. The Kier molecular flexibility index (Phi) is 2.10. The van der Waals surface area contributed by atoms with E-state index in [-0.39, 0.29) is 0 Å². The SMILES string of the molecule is OC[C@H]1C=CCCC1. The molecule has 1 aliphatic rings. The van der Waals surface area contributed by atoms with Crippen LogP contribution in [0.1, 0.15) is 19.3 Å². The molecule has 0 radical (unpaired) electrons. The van der Waals surface area contributed by atoms with Gasteiger partial charge in [0.1, 0.15) is 0 Å². The van der Waals surface area contributed by atoms with E-state index in [0.29, 0.717) is 12.5 Å². The molecule has 1 aliphatic carbocycles. The smallest absolute Gasteiger partial charge is 0.0493 e. The molecule has 0 saturated heterocycles. The number of rotatable bonds is 1. The third kappa shape index (κ3) is 1.34. The minimum absolute atomic E-state index is 0.330. The molecule has 0 amide bonds. The summed E-state index contributed by atoms with van der Waals surface area (Å²) in [7, 11) is 0. The van der Waals surface area contributed by atoms with Crippen LogP contribution in [0.3, 0.4) is 0 Å². The highest BCUT2D eigenvalue weighted by Gasteiger charge is 2.04. The van der Waals surface area contributed by atoms with E-state index in [1.165, 1.54) is 19.3 Å². The van der Waals surface area contributed by atoms with Crippen LogP contribution in [-0.4, -0.2) is 11.7 Å². The van der Waals surface area contributed by atoms with Gasteiger partial charge in [0, 0.05) is 6.61 Å². The van der Waals surface area contributed by atoms with Crippen LogP contribution in [0.4, 0.5) is 0 Å². The number of hydrogen-bond acceptors (Lipinski definition) is 1. The molecule has 0 spiro atoms. The molecule has 8 heavy (non-hydrogen) atoms. The second-order valence-corrected chi connectivity index (χ2v) is 2.30. The zero-order chi connectivity index (χ0) is 5.82. The molecule has 0 aromatic carbocycles. The third-order valence-corrected chi connectivity index (χ3v) is 1.59. The summed E-state index contributed by atoms with van der Waals surface area (Å²) in [5.74, 6) is 0.462. The Morgan fingerprint density at radius 1 is 1.62 bits per heavy atom. The fraction of sp³-hybridized carbons (Fsp3) is 0.714. The highest BCUT2D eigenvalue weighted by Crippen LogP contribution is 2.15. The van der Waals surface area contributed by atoms with E-state index in [4.69, 9.17) is 5.11 Å². The second kappa shape index (κ2) is 2.88. The van der Waals surface area contributed by atoms with Crippen LogP contribution in [0.25, 0.3) is 0 Å². The van der Waals surface area contributed by atoms with Crippen molar-refractivity contribution in [2.45, 2.75) is 19.3 Å². The van der Waals surface area contributed by atoms with Gasteiger partial charge in [-0.15, -0.1) is 0 Å². The van der Waals surface area contributed by atoms with Crippen LogP contribution in [0.15, 0.2) is 12.2 Å². The zero-order valence-electron chi connectivity index (χ0n) is 5.01. The number of allylic oxidation sites excluding steroid dienone is 1. The summed E-state index contributed by atoms with van der Waals surface area (Å²) >= 11 is 0. The summed E-state index contributed by atoms with van der Waals surface area (Å²) in [4.78, 5) is 0. The van der Waals surface area contributed by atoms with Crippen molar-refractivity contribution in [3.63, 3.8) is 0 Å². The van der Waals surface area contributed by atoms with E-state index in [1.54, 1.807) is 0 Å². The van der Waals surface area contributed by atoms with E-state index in [1.807, 2.05) is 0 Å². The molecule has 1 rings (SSSR count). The lowest BCUT2D eigenvalue weighted by Gasteiger charge is -2.11. The second-order valence-electron chi connectivity index (χ2n) is 2.30. The van der Waals surface area contributed by atoms with Crippen molar-refractivity contribution in [1.82, 2.24) is 0 Å². The molecule has 1 atom stereocenters. The predicted octanol–water partition coefficient (Wildman–Crippen LogP) is 1.33. The van der Waals surface area contributed by atoms with Crippen LogP contribution >= 0.6 is 0 Å². The average Bonchev–Trinajstić information content (AvgIpc) is 1.90. The molecule has 1 heteroatoms. The Morgan fingerprint density at radius 2 is 2.50 bits per heavy atom. The first kappa shape index (κ1) is 5.83. The summed E-state index contributed by atoms with van der Waals surface area (Å²) in [6.45, 7) is 0.330. The van der Waals surface area contributed by atoms with Gasteiger partial charge in [-0.05, 0) is 25.2 Å². The molecule has 0 heterocycles. The standard InChI is InChI=1S/C7H12O/c8-6-7-4-2-1-3-5-7/h2,4,7-8H,1,3,5-6H2/t7-/m0/s1. The molecular weight excluding hydrogens is 100 g/mol. The summed E-state index contributed by atoms with van der Waals surface area (Å²) in [5, 5.41) is 8.64. The van der Waals surface area contributed by atoms with Crippen LogP contribution in [0.2, 0.25) is 0 Å². The van der Waals surface area contributed by atoms with Gasteiger partial charge in [-0.2, -0.15) is 0 Å². The van der Waals surface area contributed by atoms with Gasteiger partial charge in [-0.3, -0.25) is 0 Å². The molecule has 0 saturated carbocycles. The van der Waals surface area contributed by atoms with Gasteiger partial charge in [0.05, 0.1) is 0 Å². The predicted molar refractivity (Wildman–Crippen MR) is 33.6 cm³/mol. The highest BCUT2D eigenvalue weighted by molar-refractivity contribution is 4.92. The van der Waals surface area contributed by atoms with Crippen molar-refractivity contribution in [2.24, 2.45) is 5.92 Å². The maximum atomic E-state index is 8.64. The van der Waals surface area contributed by atoms with Crippen molar-refractivity contribution in [3.8, 4) is 0 Å². The van der Waals surface area contributed by atoms with Crippen LogP contribution < -0.4 is 0 Å². The number of aliphatic hydroxyl groups excluding tert-OH is 1. The molecule has 0 bridgehead atoms. The van der Waals surface area contributed by atoms with Gasteiger partial charge in [0.25, 0.3) is 0 Å². The van der Waals surface area contributed by atoms with Crippen molar-refractivity contribution in [3.05, 3.63) is 12.2 Å². The monoisotopic (exact) mass is 112 g/mol. The fourth-order valence-corrected chi connectivity index (χ4v) is 1.03. The van der Waals surface area contributed by atoms with E-state index in [0.717, 1.165) is 0 Å². The van der Waals surface area contributed by atoms with Crippen molar-refractivity contribution in [2.75, 3.05) is 6.61 Å². The number of hydrogen-bond donors (Lipinski definition) is 1. The Balaban J connectivity index is 2.32. The average molecular weight is 112 g/mol. The lowest BCUT2D eigenvalue weighted by atomic mass is 9.97. The van der Waals surface area contributed by atoms with Gasteiger partial charge in [0.15, 0.2) is 0 Å².